The number of nitrogens with zero attached hydrogens (tertiary/aromatic N) is 6. The van der Waals surface area contributed by atoms with Crippen LogP contribution in [-0.2, 0) is 27.3 Å². The SMILES string of the molecule is Cc1c(Cl)c2c(Cl)c(C)c1-c1c(-c3ccc(F)cc3)sc3ncnc(c13)O[C@@H](C(=O)O)Cc1cc(ccc1OCc1cncc(-c3ccc(OC[C@H]4COCCO4)cc3)n1)OC[C@@H](CN1CCN(C)CC1)O2. The fourth-order valence-corrected chi connectivity index (χ4v) is 10.7. The van der Waals surface area contributed by atoms with E-state index in [0.29, 0.717) is 126 Å². The first kappa shape index (κ1) is 49.4. The van der Waals surface area contributed by atoms with Crippen LogP contribution in [0.2, 0.25) is 10.0 Å². The number of aromatic nitrogens is 4. The van der Waals surface area contributed by atoms with E-state index in [9.17, 15) is 14.3 Å². The fourth-order valence-electron chi connectivity index (χ4n) is 9.02. The van der Waals surface area contributed by atoms with Gasteiger partial charge in [-0.2, -0.15) is 0 Å². The normalized spacial score (nSPS) is 18.7. The Morgan fingerprint density at radius 2 is 1.64 bits per heavy atom. The van der Waals surface area contributed by atoms with Gasteiger partial charge in [0.25, 0.3) is 0 Å². The van der Waals surface area contributed by atoms with E-state index in [1.54, 1.807) is 42.7 Å². The largest absolute Gasteiger partial charge is 0.491 e. The van der Waals surface area contributed by atoms with Crippen LogP contribution in [0.1, 0.15) is 22.4 Å². The first-order chi connectivity index (χ1) is 34.9. The third kappa shape index (κ3) is 10.9. The number of likely N-dealkylation sites (N-methyl/N-ethyl adjacent to an activating group) is 1. The van der Waals surface area contributed by atoms with Crippen LogP contribution in [0.5, 0.6) is 28.9 Å². The van der Waals surface area contributed by atoms with E-state index < -0.39 is 24.0 Å². The summed E-state index contributed by atoms with van der Waals surface area (Å²) in [6.45, 7) is 9.81. The summed E-state index contributed by atoms with van der Waals surface area (Å²) in [4.78, 5) is 37.7. The van der Waals surface area contributed by atoms with Crippen LogP contribution >= 0.6 is 34.5 Å². The molecule has 0 aliphatic carbocycles. The number of hydrogen-bond donors (Lipinski definition) is 1. The minimum absolute atomic E-state index is 0.00658. The molecule has 3 atom stereocenters. The van der Waals surface area contributed by atoms with E-state index in [1.165, 1.54) is 29.8 Å². The van der Waals surface area contributed by atoms with Crippen LogP contribution in [0.4, 0.5) is 4.39 Å². The van der Waals surface area contributed by atoms with Crippen molar-refractivity contribution >= 4 is 50.7 Å². The van der Waals surface area contributed by atoms with E-state index in [-0.39, 0.29) is 31.6 Å². The molecule has 4 bridgehead atoms. The highest BCUT2D eigenvalue weighted by molar-refractivity contribution is 7.22. The van der Waals surface area contributed by atoms with Crippen LogP contribution in [0.15, 0.2) is 85.5 Å². The number of thiophene rings is 1. The predicted molar refractivity (Wildman–Crippen MR) is 272 cm³/mol. The van der Waals surface area contributed by atoms with E-state index in [0.717, 1.165) is 31.7 Å². The van der Waals surface area contributed by atoms with Gasteiger partial charge in [-0.15, -0.1) is 11.3 Å². The van der Waals surface area contributed by atoms with Crippen LogP contribution in [0.3, 0.4) is 0 Å². The van der Waals surface area contributed by atoms with Gasteiger partial charge in [0.2, 0.25) is 12.0 Å². The van der Waals surface area contributed by atoms with Crippen molar-refractivity contribution in [3.8, 4) is 61.7 Å². The number of benzene rings is 4. The molecule has 72 heavy (non-hydrogen) atoms. The molecule has 19 heteroatoms. The maximum atomic E-state index is 14.4. The summed E-state index contributed by atoms with van der Waals surface area (Å²) in [6, 6.07) is 18.9. The predicted octanol–water partition coefficient (Wildman–Crippen LogP) is 9.38. The van der Waals surface area contributed by atoms with Gasteiger partial charge in [-0.1, -0.05) is 35.3 Å². The summed E-state index contributed by atoms with van der Waals surface area (Å²) in [5, 5.41) is 11.9. The monoisotopic (exact) mass is 1040 g/mol. The molecule has 374 valence electrons. The van der Waals surface area contributed by atoms with Crippen LogP contribution in [0.25, 0.3) is 43.0 Å². The second-order valence-electron chi connectivity index (χ2n) is 17.9. The smallest absolute Gasteiger partial charge is 0.345 e. The summed E-state index contributed by atoms with van der Waals surface area (Å²) in [6.07, 6.45) is 2.31. The Hall–Kier alpha value is -6.18. The van der Waals surface area contributed by atoms with Gasteiger partial charge in [-0.25, -0.2) is 24.1 Å². The lowest BCUT2D eigenvalue weighted by atomic mass is 9.92. The molecule has 15 nitrogen and oxygen atoms in total. The quantitative estimate of drug-likeness (QED) is 0.130. The zero-order chi connectivity index (χ0) is 49.9. The van der Waals surface area contributed by atoms with Gasteiger partial charge >= 0.3 is 5.97 Å². The summed E-state index contributed by atoms with van der Waals surface area (Å²) in [5.41, 5.74) is 5.71. The first-order valence-corrected chi connectivity index (χ1v) is 25.1. The molecule has 0 spiro atoms. The molecule has 0 unspecified atom stereocenters. The Kier molecular flexibility index (Phi) is 15.0. The van der Waals surface area contributed by atoms with Crippen LogP contribution in [0, 0.1) is 19.7 Å². The highest BCUT2D eigenvalue weighted by atomic mass is 35.5. The van der Waals surface area contributed by atoms with E-state index in [4.69, 9.17) is 61.3 Å². The molecule has 4 aromatic carbocycles. The molecule has 7 aromatic rings. The highest BCUT2D eigenvalue weighted by Gasteiger charge is 2.32. The molecule has 1 N–H and O–H groups in total. The minimum atomic E-state index is -1.48. The number of fused-ring (bicyclic) bond motifs is 7. The lowest BCUT2D eigenvalue weighted by Gasteiger charge is -2.35. The van der Waals surface area contributed by atoms with Gasteiger partial charge in [0.1, 0.15) is 66.3 Å². The number of aliphatic carboxylic acids is 1. The molecule has 4 aliphatic rings. The van der Waals surface area contributed by atoms with E-state index in [2.05, 4.69) is 31.8 Å². The lowest BCUT2D eigenvalue weighted by molar-refractivity contribution is -0.145. The zero-order valence-corrected chi connectivity index (χ0v) is 42.1. The molecule has 7 heterocycles. The first-order valence-electron chi connectivity index (χ1n) is 23.6. The van der Waals surface area contributed by atoms with Crippen LogP contribution in [-0.4, -0.2) is 132 Å². The average Bonchev–Trinajstić information content (AvgIpc) is 3.78. The number of piperazine rings is 1. The van der Waals surface area contributed by atoms with E-state index >= 15 is 0 Å². The average molecular weight is 1040 g/mol. The second kappa shape index (κ2) is 21.9. The Morgan fingerprint density at radius 3 is 2.38 bits per heavy atom. The van der Waals surface area contributed by atoms with Crippen molar-refractivity contribution in [2.24, 2.45) is 0 Å². The number of rotatable bonds is 11. The molecular formula is C53H51Cl2FN6O9S. The molecule has 4 aliphatic heterocycles. The zero-order valence-electron chi connectivity index (χ0n) is 39.7. The van der Waals surface area contributed by atoms with E-state index in [1.807, 2.05) is 38.1 Å². The van der Waals surface area contributed by atoms with Crippen molar-refractivity contribution in [1.29, 1.82) is 0 Å². The number of hydrogen-bond acceptors (Lipinski definition) is 15. The van der Waals surface area contributed by atoms with Crippen LogP contribution < -0.4 is 23.7 Å². The minimum Gasteiger partial charge on any atom is -0.491 e. The number of carboxylic acids is 1. The summed E-state index contributed by atoms with van der Waals surface area (Å²) in [5.74, 6) is 0.192. The van der Waals surface area contributed by atoms with Gasteiger partial charge in [0.05, 0.1) is 59.0 Å². The Morgan fingerprint density at radius 1 is 0.875 bits per heavy atom. The Bertz CT molecular complexity index is 3050. The third-order valence-electron chi connectivity index (χ3n) is 12.9. The van der Waals surface area contributed by atoms with Crippen molar-refractivity contribution in [2.45, 2.75) is 45.2 Å². The van der Waals surface area contributed by atoms with Gasteiger partial charge in [-0.05, 0) is 97.7 Å². The number of carbonyl (C=O) groups is 1. The molecular weight excluding hydrogens is 987 g/mol. The van der Waals surface area contributed by atoms with Crippen molar-refractivity contribution in [2.75, 3.05) is 72.8 Å². The number of halogens is 3. The molecule has 0 saturated carbocycles. The third-order valence-corrected chi connectivity index (χ3v) is 14.9. The van der Waals surface area contributed by atoms with Crippen molar-refractivity contribution < 1.29 is 47.4 Å². The van der Waals surface area contributed by atoms with Gasteiger partial charge in [-0.3, -0.25) is 9.88 Å². The Balaban J connectivity index is 1.01. The van der Waals surface area contributed by atoms with Gasteiger partial charge in [0.15, 0.2) is 5.75 Å². The topological polar surface area (TPSA) is 160 Å². The lowest BCUT2D eigenvalue weighted by Crippen LogP contribution is -2.49. The molecule has 0 radical (unpaired) electrons. The Labute approximate surface area is 429 Å². The van der Waals surface area contributed by atoms with Crippen molar-refractivity contribution in [1.82, 2.24) is 29.7 Å². The molecule has 2 fully saturated rings. The molecule has 0 amide bonds. The standard InChI is InChI=1S/C53H51Cl2FN6O9S/c1-30-44-31(2)48(55)49(47(30)54)70-39(24-62-16-14-61(3)15-17-62)27-68-38-12-13-42(69-25-36-22-57-23-41(60-36)32-6-10-37(11-7-32)67-28-40-26-65-18-19-66-40)34(20-38)21-43(53(63)64)71-51-46-45(44)50(72-52(46)59-29-58-51)33-4-8-35(56)9-5-33/h4-13,20,22-23,29,39-40,43H,14-19,21,24-28H2,1-3H3,(H,63,64)/t39-,40-,43-/m1/s1. The number of ether oxygens (including phenoxy) is 7. The van der Waals surface area contributed by atoms with Gasteiger partial charge in [0, 0.05) is 60.7 Å². The summed E-state index contributed by atoms with van der Waals surface area (Å²) >= 11 is 16.0. The highest BCUT2D eigenvalue weighted by Crippen LogP contribution is 2.53. The van der Waals surface area contributed by atoms with Crippen molar-refractivity contribution in [3.05, 3.63) is 124 Å². The molecule has 11 rings (SSSR count). The summed E-state index contributed by atoms with van der Waals surface area (Å²) < 4.78 is 57.9. The maximum absolute atomic E-state index is 14.4. The molecule has 2 saturated heterocycles. The van der Waals surface area contributed by atoms with Crippen molar-refractivity contribution in [3.63, 3.8) is 0 Å². The maximum Gasteiger partial charge on any atom is 0.345 e. The second-order valence-corrected chi connectivity index (χ2v) is 19.7. The molecule has 3 aromatic heterocycles. The fraction of sp³-hybridized carbons (Fsp3) is 0.340. The number of carboxylic acid groups (broad SMARTS) is 1. The van der Waals surface area contributed by atoms with Gasteiger partial charge < -0.3 is 43.2 Å². The summed E-state index contributed by atoms with van der Waals surface area (Å²) in [7, 11) is 2.10.